The van der Waals surface area contributed by atoms with Gasteiger partial charge in [0.2, 0.25) is 15.0 Å². The molecule has 0 amide bonds. The Morgan fingerprint density at radius 3 is 2.80 bits per heavy atom. The molecule has 1 saturated heterocycles. The lowest BCUT2D eigenvalue weighted by molar-refractivity contribution is 0.0943. The monoisotopic (exact) mass is 386 g/mol. The minimum absolute atomic E-state index is 0.0294. The Bertz CT molecular complexity index is 869. The quantitative estimate of drug-likeness (QED) is 0.789. The van der Waals surface area contributed by atoms with Crippen molar-refractivity contribution in [2.45, 2.75) is 50.2 Å². The first kappa shape index (κ1) is 18.4. The number of rotatable bonds is 5. The Hall–Kier alpha value is -1.44. The minimum Gasteiger partial charge on any atom is -0.376 e. The molecule has 0 radical (unpaired) electrons. The first-order chi connectivity index (χ1) is 11.8. The number of sulfone groups is 1. The summed E-state index contributed by atoms with van der Waals surface area (Å²) in [4.78, 5) is 4.23. The fourth-order valence-corrected chi connectivity index (χ4v) is 4.93. The molecule has 1 fully saturated rings. The van der Waals surface area contributed by atoms with Crippen LogP contribution in [-0.4, -0.2) is 30.7 Å². The van der Waals surface area contributed by atoms with E-state index < -0.39 is 21.4 Å². The number of aromatic nitrogens is 2. The molecule has 3 rings (SSSR count). The summed E-state index contributed by atoms with van der Waals surface area (Å²) in [6, 6.07) is 4.12. The van der Waals surface area contributed by atoms with Gasteiger partial charge in [-0.15, -0.1) is 0 Å². The van der Waals surface area contributed by atoms with Crippen LogP contribution in [0.15, 0.2) is 23.4 Å². The number of ether oxygens (including phenoxy) is 1. The first-order valence-corrected chi connectivity index (χ1v) is 10.1. The second kappa shape index (κ2) is 7.05. The number of benzene rings is 1. The van der Waals surface area contributed by atoms with Gasteiger partial charge in [0, 0.05) is 22.9 Å². The van der Waals surface area contributed by atoms with E-state index in [0.717, 1.165) is 18.5 Å². The van der Waals surface area contributed by atoms with E-state index in [1.807, 2.05) is 6.92 Å². The van der Waals surface area contributed by atoms with Crippen molar-refractivity contribution in [3.05, 3.63) is 46.0 Å². The number of halogens is 2. The number of nitrogens with zero attached hydrogens (tertiary/aromatic N) is 2. The lowest BCUT2D eigenvalue weighted by atomic mass is 10.2. The van der Waals surface area contributed by atoms with Crippen LogP contribution in [0, 0.1) is 19.7 Å². The van der Waals surface area contributed by atoms with E-state index in [4.69, 9.17) is 16.3 Å². The molecule has 1 aromatic carbocycles. The van der Waals surface area contributed by atoms with Gasteiger partial charge in [-0.1, -0.05) is 17.7 Å². The van der Waals surface area contributed by atoms with Gasteiger partial charge < -0.3 is 9.30 Å². The lowest BCUT2D eigenvalue weighted by Gasteiger charge is -2.15. The minimum atomic E-state index is -3.86. The molecule has 8 heteroatoms. The van der Waals surface area contributed by atoms with Crippen LogP contribution in [0.1, 0.15) is 29.8 Å². The molecule has 2 heterocycles. The van der Waals surface area contributed by atoms with Crippen molar-refractivity contribution in [1.82, 2.24) is 9.55 Å². The van der Waals surface area contributed by atoms with Gasteiger partial charge in [0.15, 0.2) is 0 Å². The first-order valence-electron chi connectivity index (χ1n) is 8.10. The van der Waals surface area contributed by atoms with Crippen LogP contribution in [0.25, 0.3) is 0 Å². The van der Waals surface area contributed by atoms with E-state index in [9.17, 15) is 12.8 Å². The Morgan fingerprint density at radius 2 is 2.16 bits per heavy atom. The van der Waals surface area contributed by atoms with E-state index in [1.54, 1.807) is 11.5 Å². The molecule has 0 bridgehead atoms. The van der Waals surface area contributed by atoms with Gasteiger partial charge in [-0.2, -0.15) is 0 Å². The molecule has 0 saturated carbocycles. The molecule has 5 nitrogen and oxygen atoms in total. The zero-order valence-corrected chi connectivity index (χ0v) is 15.7. The SMILES string of the molecule is Cc1nc(S(=O)(=O)Cc2c(F)cccc2Cl)n(CC2CCCO2)c1C. The predicted octanol–water partition coefficient (Wildman–Crippen LogP) is 3.45. The maximum Gasteiger partial charge on any atom is 0.228 e. The summed E-state index contributed by atoms with van der Waals surface area (Å²) in [5.74, 6) is -1.17. The standard InChI is InChI=1S/C17H20ClFN2O3S/c1-11-12(2)21(9-13-5-4-8-24-13)17(20-11)25(22,23)10-14-15(18)6-3-7-16(14)19/h3,6-7,13H,4-5,8-10H2,1-2H3. The van der Waals surface area contributed by atoms with Gasteiger partial charge in [-0.05, 0) is 38.8 Å². The van der Waals surface area contributed by atoms with E-state index >= 15 is 0 Å². The molecule has 1 aliphatic heterocycles. The third-order valence-electron chi connectivity index (χ3n) is 4.51. The highest BCUT2D eigenvalue weighted by atomic mass is 35.5. The fourth-order valence-electron chi connectivity index (χ4n) is 2.99. The van der Waals surface area contributed by atoms with Crippen LogP contribution in [0.4, 0.5) is 4.39 Å². The molecule has 0 aliphatic carbocycles. The zero-order valence-electron chi connectivity index (χ0n) is 14.1. The highest BCUT2D eigenvalue weighted by Crippen LogP contribution is 2.26. The molecule has 2 aromatic rings. The van der Waals surface area contributed by atoms with Gasteiger partial charge in [-0.25, -0.2) is 17.8 Å². The Morgan fingerprint density at radius 1 is 1.40 bits per heavy atom. The van der Waals surface area contributed by atoms with Gasteiger partial charge in [0.25, 0.3) is 0 Å². The highest BCUT2D eigenvalue weighted by Gasteiger charge is 2.28. The molecule has 1 aliphatic rings. The van der Waals surface area contributed by atoms with Crippen LogP contribution >= 0.6 is 11.6 Å². The molecular formula is C17H20ClFN2O3S. The number of hydrogen-bond donors (Lipinski definition) is 0. The Kier molecular flexibility index (Phi) is 5.18. The van der Waals surface area contributed by atoms with Crippen LogP contribution < -0.4 is 0 Å². The van der Waals surface area contributed by atoms with Crippen molar-refractivity contribution < 1.29 is 17.5 Å². The summed E-state index contributed by atoms with van der Waals surface area (Å²) in [5, 5.41) is 0.0339. The van der Waals surface area contributed by atoms with Gasteiger partial charge in [0.05, 0.1) is 24.1 Å². The van der Waals surface area contributed by atoms with Crippen molar-refractivity contribution in [3.63, 3.8) is 0 Å². The third kappa shape index (κ3) is 3.73. The van der Waals surface area contributed by atoms with Crippen molar-refractivity contribution in [1.29, 1.82) is 0 Å². The summed E-state index contributed by atoms with van der Waals surface area (Å²) in [5.41, 5.74) is 1.37. The fraction of sp³-hybridized carbons (Fsp3) is 0.471. The Balaban J connectivity index is 1.98. The second-order valence-corrected chi connectivity index (χ2v) is 8.56. The second-order valence-electron chi connectivity index (χ2n) is 6.27. The van der Waals surface area contributed by atoms with Crippen LogP contribution in [0.5, 0.6) is 0 Å². The smallest absolute Gasteiger partial charge is 0.228 e. The molecule has 1 atom stereocenters. The number of imidazole rings is 1. The van der Waals surface area contributed by atoms with E-state index in [0.29, 0.717) is 18.8 Å². The van der Waals surface area contributed by atoms with Crippen molar-refractivity contribution in [2.75, 3.05) is 6.61 Å². The van der Waals surface area contributed by atoms with E-state index in [1.165, 1.54) is 18.2 Å². The van der Waals surface area contributed by atoms with Crippen LogP contribution in [0.3, 0.4) is 0 Å². The average Bonchev–Trinajstić information content (AvgIpc) is 3.15. The maximum atomic E-state index is 14.0. The molecule has 25 heavy (non-hydrogen) atoms. The molecular weight excluding hydrogens is 367 g/mol. The summed E-state index contributed by atoms with van der Waals surface area (Å²) in [6.07, 6.45) is 1.82. The van der Waals surface area contributed by atoms with Gasteiger partial charge >= 0.3 is 0 Å². The summed E-state index contributed by atoms with van der Waals surface area (Å²) in [7, 11) is -3.86. The summed E-state index contributed by atoms with van der Waals surface area (Å²) in [6.45, 7) is 4.69. The van der Waals surface area contributed by atoms with Gasteiger partial charge in [-0.3, -0.25) is 0 Å². The Labute approximate surface area is 151 Å². The van der Waals surface area contributed by atoms with Crippen LogP contribution in [0.2, 0.25) is 5.02 Å². The normalized spacial score (nSPS) is 18.0. The maximum absolute atomic E-state index is 14.0. The van der Waals surface area contributed by atoms with Crippen molar-refractivity contribution in [3.8, 4) is 0 Å². The molecule has 0 N–H and O–H groups in total. The number of aryl methyl sites for hydroxylation is 1. The lowest BCUT2D eigenvalue weighted by Crippen LogP contribution is -2.21. The molecule has 136 valence electrons. The van der Waals surface area contributed by atoms with Crippen molar-refractivity contribution >= 4 is 21.4 Å². The van der Waals surface area contributed by atoms with Gasteiger partial charge in [0.1, 0.15) is 5.82 Å². The number of hydrogen-bond acceptors (Lipinski definition) is 4. The third-order valence-corrected chi connectivity index (χ3v) is 6.40. The average molecular weight is 387 g/mol. The van der Waals surface area contributed by atoms with Crippen molar-refractivity contribution in [2.24, 2.45) is 0 Å². The summed E-state index contributed by atoms with van der Waals surface area (Å²) >= 11 is 5.99. The van der Waals surface area contributed by atoms with E-state index in [-0.39, 0.29) is 21.8 Å². The zero-order chi connectivity index (χ0) is 18.2. The molecule has 1 aromatic heterocycles. The van der Waals surface area contributed by atoms with Crippen LogP contribution in [-0.2, 0) is 26.9 Å². The van der Waals surface area contributed by atoms with E-state index in [2.05, 4.69) is 4.98 Å². The molecule has 1 unspecified atom stereocenters. The highest BCUT2D eigenvalue weighted by molar-refractivity contribution is 7.90. The largest absolute Gasteiger partial charge is 0.376 e. The predicted molar refractivity (Wildman–Crippen MR) is 93.0 cm³/mol. The molecule has 0 spiro atoms. The topological polar surface area (TPSA) is 61.2 Å². The summed E-state index contributed by atoms with van der Waals surface area (Å²) < 4.78 is 47.1.